The molecule has 1 aliphatic rings. The largest absolute Gasteiger partial charge is 0.493 e. The molecule has 0 aliphatic carbocycles. The first-order chi connectivity index (χ1) is 17.8. The van der Waals surface area contributed by atoms with Crippen LogP contribution in [-0.4, -0.2) is 64.8 Å². The molecule has 0 radical (unpaired) electrons. The zero-order valence-electron chi connectivity index (χ0n) is 19.3. The molecule has 1 fully saturated rings. The molecule has 0 amide bonds. The van der Waals surface area contributed by atoms with Crippen LogP contribution in [0.1, 0.15) is 0 Å². The average molecular weight is 514 g/mol. The highest BCUT2D eigenvalue weighted by Crippen LogP contribution is 2.36. The lowest BCUT2D eigenvalue weighted by molar-refractivity contribution is -0.277. The predicted molar refractivity (Wildman–Crippen MR) is 126 cm³/mol. The van der Waals surface area contributed by atoms with E-state index < -0.39 is 48.6 Å². The fraction of sp³-hybridized carbons (Fsp3) is 0.280. The standard InChI is InChI=1S/C25H22O12/c1-32-16-6-12-7-18(33-13-4-2-11-3-5-20(27)34-14(11)8-13)24(31)35-15(12)9-17(16)36-25-23(30)22(29)21(28)19(10-26)37-25/h2-9,19,21-23,25-26,28-30H,10H2,1H3/t19-,21-,22+,23-,25-/m1/s1. The quantitative estimate of drug-likeness (QED) is 0.267. The normalized spacial score (nSPS) is 23.8. The third kappa shape index (κ3) is 4.75. The molecule has 4 aromatic rings. The second-order valence-electron chi connectivity index (χ2n) is 8.31. The smallest absolute Gasteiger partial charge is 0.379 e. The minimum atomic E-state index is -1.65. The number of aliphatic hydroxyl groups excluding tert-OH is 4. The van der Waals surface area contributed by atoms with Crippen molar-refractivity contribution in [3.05, 3.63) is 69.4 Å². The van der Waals surface area contributed by atoms with Crippen LogP contribution in [0.25, 0.3) is 21.9 Å². The molecular formula is C25H22O12. The van der Waals surface area contributed by atoms with Gasteiger partial charge in [0.25, 0.3) is 0 Å². The summed E-state index contributed by atoms with van der Waals surface area (Å²) < 4.78 is 32.6. The minimum absolute atomic E-state index is 0.000654. The predicted octanol–water partition coefficient (Wildman–Crippen LogP) is 0.879. The first-order valence-corrected chi connectivity index (χ1v) is 11.1. The number of methoxy groups -OCH3 is 1. The molecule has 4 N–H and O–H groups in total. The van der Waals surface area contributed by atoms with Gasteiger partial charge < -0.3 is 48.2 Å². The Bertz CT molecular complexity index is 1560. The Kier molecular flexibility index (Phi) is 6.58. The molecule has 5 atom stereocenters. The van der Waals surface area contributed by atoms with E-state index in [4.69, 9.17) is 27.8 Å². The summed E-state index contributed by atoms with van der Waals surface area (Å²) >= 11 is 0. The molecule has 37 heavy (non-hydrogen) atoms. The van der Waals surface area contributed by atoms with E-state index in [9.17, 15) is 30.0 Å². The van der Waals surface area contributed by atoms with Gasteiger partial charge in [-0.05, 0) is 30.3 Å². The van der Waals surface area contributed by atoms with E-state index in [1.165, 1.54) is 37.4 Å². The number of hydrogen-bond acceptors (Lipinski definition) is 12. The molecule has 12 nitrogen and oxygen atoms in total. The van der Waals surface area contributed by atoms with Crippen molar-refractivity contribution in [2.24, 2.45) is 0 Å². The molecule has 1 saturated heterocycles. The lowest BCUT2D eigenvalue weighted by Gasteiger charge is -2.39. The maximum atomic E-state index is 12.6. The third-order valence-corrected chi connectivity index (χ3v) is 5.90. The Morgan fingerprint density at radius 3 is 2.30 bits per heavy atom. The van der Waals surface area contributed by atoms with Gasteiger partial charge in [-0.2, -0.15) is 0 Å². The molecule has 3 heterocycles. The lowest BCUT2D eigenvalue weighted by Crippen LogP contribution is -2.60. The Labute approximate surface area is 207 Å². The van der Waals surface area contributed by atoms with Crippen molar-refractivity contribution < 1.29 is 48.2 Å². The summed E-state index contributed by atoms with van der Waals surface area (Å²) in [5, 5.41) is 40.7. The van der Waals surface area contributed by atoms with E-state index in [0.717, 1.165) is 0 Å². The van der Waals surface area contributed by atoms with Gasteiger partial charge in [0.1, 0.15) is 41.3 Å². The first kappa shape index (κ1) is 24.7. The van der Waals surface area contributed by atoms with Gasteiger partial charge in [0.05, 0.1) is 13.7 Å². The summed E-state index contributed by atoms with van der Waals surface area (Å²) in [7, 11) is 1.36. The van der Waals surface area contributed by atoms with Crippen LogP contribution in [0.3, 0.4) is 0 Å². The maximum Gasteiger partial charge on any atom is 0.379 e. The van der Waals surface area contributed by atoms with Crippen LogP contribution in [0.4, 0.5) is 0 Å². The van der Waals surface area contributed by atoms with Crippen molar-refractivity contribution in [3.63, 3.8) is 0 Å². The molecule has 2 aromatic carbocycles. The number of fused-ring (bicyclic) bond motifs is 2. The summed E-state index contributed by atoms with van der Waals surface area (Å²) in [4.78, 5) is 24.1. The Morgan fingerprint density at radius 2 is 1.54 bits per heavy atom. The number of hydrogen-bond donors (Lipinski definition) is 4. The fourth-order valence-electron chi connectivity index (χ4n) is 3.95. The Balaban J connectivity index is 1.45. The van der Waals surface area contributed by atoms with Crippen LogP contribution in [0.15, 0.2) is 67.0 Å². The SMILES string of the molecule is COc1cc2cc(Oc3ccc4ccc(=O)oc4c3)c(=O)oc2cc1O[C@@H]1O[C@H](CO)[C@@H](O)[C@H](O)[C@H]1O. The molecule has 0 spiro atoms. The molecule has 5 rings (SSSR count). The summed E-state index contributed by atoms with van der Waals surface area (Å²) in [6, 6.07) is 11.9. The van der Waals surface area contributed by atoms with Crippen molar-refractivity contribution in [2.75, 3.05) is 13.7 Å². The highest BCUT2D eigenvalue weighted by atomic mass is 16.7. The Morgan fingerprint density at radius 1 is 0.811 bits per heavy atom. The number of rotatable bonds is 6. The zero-order valence-corrected chi connectivity index (χ0v) is 19.3. The van der Waals surface area contributed by atoms with Crippen LogP contribution in [0, 0.1) is 0 Å². The number of ether oxygens (including phenoxy) is 4. The Hall–Kier alpha value is -3.94. The van der Waals surface area contributed by atoms with E-state index in [1.807, 2.05) is 0 Å². The average Bonchev–Trinajstić information content (AvgIpc) is 2.89. The summed E-state index contributed by atoms with van der Waals surface area (Å²) in [5.74, 6) is 0.260. The van der Waals surface area contributed by atoms with Gasteiger partial charge in [0.15, 0.2) is 11.5 Å². The van der Waals surface area contributed by atoms with Crippen molar-refractivity contribution in [3.8, 4) is 23.0 Å². The second-order valence-corrected chi connectivity index (χ2v) is 8.31. The van der Waals surface area contributed by atoms with Gasteiger partial charge in [0, 0.05) is 29.0 Å². The van der Waals surface area contributed by atoms with Crippen LogP contribution in [0.2, 0.25) is 0 Å². The monoisotopic (exact) mass is 514 g/mol. The molecule has 0 saturated carbocycles. The fourth-order valence-corrected chi connectivity index (χ4v) is 3.95. The molecular weight excluding hydrogens is 492 g/mol. The highest BCUT2D eigenvalue weighted by Gasteiger charge is 2.45. The lowest BCUT2D eigenvalue weighted by atomic mass is 9.99. The molecule has 1 aliphatic heterocycles. The molecule has 194 valence electrons. The van der Waals surface area contributed by atoms with Gasteiger partial charge in [-0.1, -0.05) is 0 Å². The van der Waals surface area contributed by atoms with Gasteiger partial charge >= 0.3 is 11.3 Å². The highest BCUT2D eigenvalue weighted by molar-refractivity contribution is 5.82. The third-order valence-electron chi connectivity index (χ3n) is 5.90. The number of benzene rings is 2. The van der Waals surface area contributed by atoms with Gasteiger partial charge in [-0.3, -0.25) is 0 Å². The minimum Gasteiger partial charge on any atom is -0.493 e. The van der Waals surface area contributed by atoms with Crippen LogP contribution >= 0.6 is 0 Å². The topological polar surface area (TPSA) is 178 Å². The van der Waals surface area contributed by atoms with Crippen LogP contribution in [0.5, 0.6) is 23.0 Å². The second kappa shape index (κ2) is 9.84. The van der Waals surface area contributed by atoms with Crippen molar-refractivity contribution >= 4 is 21.9 Å². The van der Waals surface area contributed by atoms with Crippen LogP contribution < -0.4 is 25.5 Å². The molecule has 0 unspecified atom stereocenters. The van der Waals surface area contributed by atoms with Crippen molar-refractivity contribution in [2.45, 2.75) is 30.7 Å². The molecule has 12 heteroatoms. The summed E-state index contributed by atoms with van der Waals surface area (Å²) in [5.41, 5.74) is -0.969. The van der Waals surface area contributed by atoms with Crippen molar-refractivity contribution in [1.29, 1.82) is 0 Å². The van der Waals surface area contributed by atoms with Gasteiger partial charge in [-0.15, -0.1) is 0 Å². The van der Waals surface area contributed by atoms with Gasteiger partial charge in [0.2, 0.25) is 12.0 Å². The summed E-state index contributed by atoms with van der Waals surface area (Å²) in [6.45, 7) is -0.624. The first-order valence-electron chi connectivity index (χ1n) is 11.1. The maximum absolute atomic E-state index is 12.6. The molecule has 2 aromatic heterocycles. The van der Waals surface area contributed by atoms with E-state index in [1.54, 1.807) is 18.2 Å². The van der Waals surface area contributed by atoms with E-state index in [-0.39, 0.29) is 34.2 Å². The van der Waals surface area contributed by atoms with E-state index in [0.29, 0.717) is 10.8 Å². The van der Waals surface area contributed by atoms with Crippen LogP contribution in [-0.2, 0) is 4.74 Å². The summed E-state index contributed by atoms with van der Waals surface area (Å²) in [6.07, 6.45) is -7.47. The zero-order chi connectivity index (χ0) is 26.3. The van der Waals surface area contributed by atoms with Crippen molar-refractivity contribution in [1.82, 2.24) is 0 Å². The van der Waals surface area contributed by atoms with Gasteiger partial charge in [-0.25, -0.2) is 9.59 Å². The molecule has 0 bridgehead atoms. The van der Waals surface area contributed by atoms with E-state index >= 15 is 0 Å². The van der Waals surface area contributed by atoms with E-state index in [2.05, 4.69) is 0 Å². The number of aliphatic hydroxyl groups is 4.